The fourth-order valence-corrected chi connectivity index (χ4v) is 2.54. The second-order valence-electron chi connectivity index (χ2n) is 6.26. The van der Waals surface area contributed by atoms with Crippen molar-refractivity contribution >= 4 is 5.82 Å². The quantitative estimate of drug-likeness (QED) is 0.929. The molecule has 20 heavy (non-hydrogen) atoms. The lowest BCUT2D eigenvalue weighted by Gasteiger charge is -2.10. The van der Waals surface area contributed by atoms with Gasteiger partial charge < -0.3 is 10.3 Å². The molecule has 5 nitrogen and oxygen atoms in total. The van der Waals surface area contributed by atoms with Gasteiger partial charge in [-0.25, -0.2) is 4.98 Å². The first-order chi connectivity index (χ1) is 9.49. The molecule has 0 radical (unpaired) electrons. The number of anilines is 1. The zero-order valence-electron chi connectivity index (χ0n) is 12.7. The van der Waals surface area contributed by atoms with Crippen LogP contribution >= 0.6 is 0 Å². The SMILES string of the molecule is CC(C)c1nc(-c2cnn(C(C)C)c2)c(N)n1C1CC1. The maximum absolute atomic E-state index is 6.36. The molecule has 108 valence electrons. The van der Waals surface area contributed by atoms with Crippen LogP contribution in [-0.4, -0.2) is 19.3 Å². The molecule has 0 amide bonds. The van der Waals surface area contributed by atoms with E-state index in [4.69, 9.17) is 10.7 Å². The van der Waals surface area contributed by atoms with E-state index in [9.17, 15) is 0 Å². The van der Waals surface area contributed by atoms with Crippen LogP contribution in [0, 0.1) is 0 Å². The smallest absolute Gasteiger partial charge is 0.132 e. The van der Waals surface area contributed by atoms with Crippen LogP contribution in [0.15, 0.2) is 12.4 Å². The summed E-state index contributed by atoms with van der Waals surface area (Å²) in [6.45, 7) is 8.56. The lowest BCUT2D eigenvalue weighted by atomic mass is 10.2. The maximum atomic E-state index is 6.36. The molecule has 0 aliphatic heterocycles. The van der Waals surface area contributed by atoms with Gasteiger partial charge in [0.2, 0.25) is 0 Å². The second-order valence-corrected chi connectivity index (χ2v) is 6.26. The minimum absolute atomic E-state index is 0.347. The predicted molar refractivity (Wildman–Crippen MR) is 80.6 cm³/mol. The van der Waals surface area contributed by atoms with Crippen LogP contribution in [0.4, 0.5) is 5.82 Å². The molecule has 3 rings (SSSR count). The van der Waals surface area contributed by atoms with E-state index in [1.165, 1.54) is 12.8 Å². The highest BCUT2D eigenvalue weighted by atomic mass is 15.3. The van der Waals surface area contributed by atoms with Crippen LogP contribution in [0.3, 0.4) is 0 Å². The predicted octanol–water partition coefficient (Wildman–Crippen LogP) is 3.37. The van der Waals surface area contributed by atoms with Crippen LogP contribution in [0.2, 0.25) is 0 Å². The summed E-state index contributed by atoms with van der Waals surface area (Å²) in [5.41, 5.74) is 8.26. The maximum Gasteiger partial charge on any atom is 0.132 e. The van der Waals surface area contributed by atoms with Gasteiger partial charge in [0.05, 0.1) is 6.20 Å². The Morgan fingerprint density at radius 3 is 2.45 bits per heavy atom. The van der Waals surface area contributed by atoms with Gasteiger partial charge in [-0.15, -0.1) is 0 Å². The van der Waals surface area contributed by atoms with Crippen molar-refractivity contribution in [3.63, 3.8) is 0 Å². The Kier molecular flexibility index (Phi) is 3.07. The standard InChI is InChI=1S/C15H23N5/c1-9(2)15-18-13(14(16)20(15)12-5-6-12)11-7-17-19(8-11)10(3)4/h7-10,12H,5-6,16H2,1-4H3. The van der Waals surface area contributed by atoms with Gasteiger partial charge in [0.15, 0.2) is 0 Å². The van der Waals surface area contributed by atoms with Gasteiger partial charge in [0, 0.05) is 29.8 Å². The third-order valence-corrected chi connectivity index (χ3v) is 3.81. The van der Waals surface area contributed by atoms with Gasteiger partial charge >= 0.3 is 0 Å². The van der Waals surface area contributed by atoms with E-state index >= 15 is 0 Å². The average molecular weight is 273 g/mol. The van der Waals surface area contributed by atoms with Crippen LogP contribution in [0.25, 0.3) is 11.3 Å². The van der Waals surface area contributed by atoms with E-state index in [0.717, 1.165) is 22.9 Å². The molecule has 0 spiro atoms. The summed E-state index contributed by atoms with van der Waals surface area (Å²) < 4.78 is 4.17. The molecule has 2 aromatic rings. The normalized spacial score (nSPS) is 15.5. The highest BCUT2D eigenvalue weighted by Crippen LogP contribution is 2.42. The van der Waals surface area contributed by atoms with Crippen molar-refractivity contribution in [3.8, 4) is 11.3 Å². The molecule has 0 unspecified atom stereocenters. The summed E-state index contributed by atoms with van der Waals surface area (Å²) in [6.07, 6.45) is 6.32. The van der Waals surface area contributed by atoms with Gasteiger partial charge in [0.25, 0.3) is 0 Å². The van der Waals surface area contributed by atoms with E-state index in [1.807, 2.05) is 17.1 Å². The van der Waals surface area contributed by atoms with Crippen LogP contribution in [0.5, 0.6) is 0 Å². The minimum atomic E-state index is 0.347. The van der Waals surface area contributed by atoms with E-state index in [2.05, 4.69) is 37.4 Å². The first-order valence-corrected chi connectivity index (χ1v) is 7.41. The van der Waals surface area contributed by atoms with Crippen LogP contribution < -0.4 is 5.73 Å². The van der Waals surface area contributed by atoms with Gasteiger partial charge in [-0.3, -0.25) is 4.68 Å². The monoisotopic (exact) mass is 273 g/mol. The molecule has 2 aromatic heterocycles. The summed E-state index contributed by atoms with van der Waals surface area (Å²) in [5.74, 6) is 2.27. The van der Waals surface area contributed by atoms with Gasteiger partial charge in [-0.05, 0) is 26.7 Å². The Morgan fingerprint density at radius 2 is 1.95 bits per heavy atom. The van der Waals surface area contributed by atoms with Crippen molar-refractivity contribution in [2.75, 3.05) is 5.73 Å². The molecule has 1 aliphatic carbocycles. The Balaban J connectivity index is 2.06. The third-order valence-electron chi connectivity index (χ3n) is 3.81. The lowest BCUT2D eigenvalue weighted by molar-refractivity contribution is 0.532. The molecular formula is C15H23N5. The number of aromatic nitrogens is 4. The van der Waals surface area contributed by atoms with Crippen molar-refractivity contribution in [2.24, 2.45) is 0 Å². The lowest BCUT2D eigenvalue weighted by Crippen LogP contribution is -2.06. The molecule has 5 heteroatoms. The van der Waals surface area contributed by atoms with E-state index in [-0.39, 0.29) is 0 Å². The average Bonchev–Trinajstić information content (AvgIpc) is 2.98. The number of nitrogens with two attached hydrogens (primary N) is 1. The number of hydrogen-bond donors (Lipinski definition) is 1. The highest BCUT2D eigenvalue weighted by Gasteiger charge is 2.31. The molecule has 0 aromatic carbocycles. The fraction of sp³-hybridized carbons (Fsp3) is 0.600. The first kappa shape index (κ1) is 13.2. The molecule has 1 fully saturated rings. The van der Waals surface area contributed by atoms with Crippen LogP contribution in [0.1, 0.15) is 64.4 Å². The number of imidazole rings is 1. The largest absolute Gasteiger partial charge is 0.383 e. The van der Waals surface area contributed by atoms with Crippen molar-refractivity contribution in [1.82, 2.24) is 19.3 Å². The van der Waals surface area contributed by atoms with Crippen molar-refractivity contribution in [2.45, 2.75) is 58.5 Å². The van der Waals surface area contributed by atoms with E-state index < -0.39 is 0 Å². The number of nitrogens with zero attached hydrogens (tertiary/aromatic N) is 4. The van der Waals surface area contributed by atoms with E-state index in [0.29, 0.717) is 18.0 Å². The number of hydrogen-bond acceptors (Lipinski definition) is 3. The Hall–Kier alpha value is -1.78. The van der Waals surface area contributed by atoms with Crippen molar-refractivity contribution < 1.29 is 0 Å². The molecule has 2 heterocycles. The molecular weight excluding hydrogens is 250 g/mol. The first-order valence-electron chi connectivity index (χ1n) is 7.41. The number of nitrogen functional groups attached to an aromatic ring is 1. The summed E-state index contributed by atoms with van der Waals surface area (Å²) in [4.78, 5) is 4.80. The summed E-state index contributed by atoms with van der Waals surface area (Å²) in [5, 5.41) is 4.39. The third kappa shape index (κ3) is 2.11. The zero-order valence-corrected chi connectivity index (χ0v) is 12.7. The van der Waals surface area contributed by atoms with Gasteiger partial charge in [-0.1, -0.05) is 13.8 Å². The van der Waals surface area contributed by atoms with Crippen LogP contribution in [-0.2, 0) is 0 Å². The fourth-order valence-electron chi connectivity index (χ4n) is 2.54. The summed E-state index contributed by atoms with van der Waals surface area (Å²) in [6, 6.07) is 0.897. The molecule has 2 N–H and O–H groups in total. The zero-order chi connectivity index (χ0) is 14.4. The van der Waals surface area contributed by atoms with Gasteiger partial charge in [0.1, 0.15) is 17.3 Å². The Morgan fingerprint density at radius 1 is 1.25 bits per heavy atom. The molecule has 1 saturated carbocycles. The Labute approximate surface area is 119 Å². The van der Waals surface area contributed by atoms with Crippen molar-refractivity contribution in [3.05, 3.63) is 18.2 Å². The Bertz CT molecular complexity index is 616. The molecule has 0 atom stereocenters. The second kappa shape index (κ2) is 4.65. The highest BCUT2D eigenvalue weighted by molar-refractivity contribution is 5.70. The topological polar surface area (TPSA) is 61.7 Å². The number of rotatable bonds is 4. The molecule has 0 bridgehead atoms. The summed E-state index contributed by atoms with van der Waals surface area (Å²) >= 11 is 0. The van der Waals surface area contributed by atoms with Gasteiger partial charge in [-0.2, -0.15) is 5.10 Å². The minimum Gasteiger partial charge on any atom is -0.383 e. The van der Waals surface area contributed by atoms with Crippen molar-refractivity contribution in [1.29, 1.82) is 0 Å². The van der Waals surface area contributed by atoms with E-state index in [1.54, 1.807) is 0 Å². The molecule has 1 aliphatic rings. The molecule has 0 saturated heterocycles. The summed E-state index contributed by atoms with van der Waals surface area (Å²) in [7, 11) is 0.